The molecule has 0 aliphatic rings. The lowest BCUT2D eigenvalue weighted by Gasteiger charge is -2.08. The van der Waals surface area contributed by atoms with Crippen LogP contribution in [0.3, 0.4) is 0 Å². The summed E-state index contributed by atoms with van der Waals surface area (Å²) in [5, 5.41) is 3.99. The maximum absolute atomic E-state index is 11.4. The van der Waals surface area contributed by atoms with Crippen molar-refractivity contribution in [1.82, 2.24) is 16.2 Å². The predicted molar refractivity (Wildman–Crippen MR) is 81.0 cm³/mol. The fourth-order valence-corrected chi connectivity index (χ4v) is 1.88. The molecule has 21 heavy (non-hydrogen) atoms. The Morgan fingerprint density at radius 1 is 1.05 bits per heavy atom. The molecule has 0 unspecified atom stereocenters. The molecule has 0 saturated carbocycles. The van der Waals surface area contributed by atoms with E-state index in [4.69, 9.17) is 0 Å². The van der Waals surface area contributed by atoms with E-state index < -0.39 is 17.7 Å². The quantitative estimate of drug-likeness (QED) is 0.335. The van der Waals surface area contributed by atoms with Crippen molar-refractivity contribution in [2.24, 2.45) is 0 Å². The third-order valence-corrected chi connectivity index (χ3v) is 2.91. The Hall–Kier alpha value is -2.28. The Morgan fingerprint density at radius 2 is 1.71 bits per heavy atom. The van der Waals surface area contributed by atoms with Crippen LogP contribution in [-0.2, 0) is 14.4 Å². The highest BCUT2D eigenvalue weighted by atomic mass is 32.2. The number of hydrazine groups is 1. The van der Waals surface area contributed by atoms with Gasteiger partial charge in [0.25, 0.3) is 5.91 Å². The fraction of sp³-hybridized carbons (Fsp3) is 0.214. The number of carbonyl (C=O) groups excluding carboxylic acids is 3. The second-order valence-corrected chi connectivity index (χ2v) is 5.28. The molecular weight excluding hydrogens is 290 g/mol. The Morgan fingerprint density at radius 3 is 2.33 bits per heavy atom. The van der Waals surface area contributed by atoms with Crippen molar-refractivity contribution in [3.05, 3.63) is 41.8 Å². The van der Waals surface area contributed by atoms with Gasteiger partial charge in [0.15, 0.2) is 0 Å². The molecule has 6 nitrogen and oxygen atoms in total. The van der Waals surface area contributed by atoms with Gasteiger partial charge in [0.05, 0.1) is 0 Å². The number of benzene rings is 1. The third kappa shape index (κ3) is 7.17. The number of thioether (sulfide) groups is 1. The van der Waals surface area contributed by atoms with E-state index in [2.05, 4.69) is 10.7 Å². The number of amides is 3. The molecular formula is C14H17N3O3S. The van der Waals surface area contributed by atoms with Gasteiger partial charge < -0.3 is 5.32 Å². The average molecular weight is 307 g/mol. The lowest BCUT2D eigenvalue weighted by Crippen LogP contribution is -2.49. The lowest BCUT2D eigenvalue weighted by atomic mass is 10.4. The van der Waals surface area contributed by atoms with Crippen molar-refractivity contribution in [3.8, 4) is 0 Å². The van der Waals surface area contributed by atoms with Gasteiger partial charge in [-0.2, -0.15) is 0 Å². The highest BCUT2D eigenvalue weighted by Crippen LogP contribution is 2.17. The first-order valence-corrected chi connectivity index (χ1v) is 7.16. The summed E-state index contributed by atoms with van der Waals surface area (Å²) in [5.41, 5.74) is 4.15. The van der Waals surface area contributed by atoms with Crippen LogP contribution in [0, 0.1) is 0 Å². The van der Waals surface area contributed by atoms with Crippen LogP contribution in [-0.4, -0.2) is 23.8 Å². The van der Waals surface area contributed by atoms with E-state index in [9.17, 15) is 14.4 Å². The average Bonchev–Trinajstić information content (AvgIpc) is 2.45. The molecule has 0 atom stereocenters. The van der Waals surface area contributed by atoms with Crippen LogP contribution in [0.15, 0.2) is 46.7 Å². The van der Waals surface area contributed by atoms with Crippen molar-refractivity contribution in [1.29, 1.82) is 0 Å². The van der Waals surface area contributed by atoms with Crippen molar-refractivity contribution in [2.45, 2.75) is 24.8 Å². The van der Waals surface area contributed by atoms with Gasteiger partial charge in [0.1, 0.15) is 0 Å². The Bertz CT molecular complexity index is 530. The van der Waals surface area contributed by atoms with Crippen LogP contribution in [0.2, 0.25) is 0 Å². The second-order valence-electron chi connectivity index (χ2n) is 4.31. The molecule has 0 aliphatic carbocycles. The standard InChI is InChI=1S/C14H17N3O3S/c1-10(2)15-13(19)14(20)17-16-12(18)8-9-21-11-6-4-3-5-7-11/h3-10H,1-2H3,(H,15,19)(H,16,18)(H,17,20)/b9-8+. The van der Waals surface area contributed by atoms with Crippen molar-refractivity contribution in [3.63, 3.8) is 0 Å². The molecule has 0 bridgehead atoms. The molecule has 1 aromatic rings. The molecule has 1 rings (SSSR count). The van der Waals surface area contributed by atoms with Crippen LogP contribution in [0.25, 0.3) is 0 Å². The summed E-state index contributed by atoms with van der Waals surface area (Å²) >= 11 is 1.36. The lowest BCUT2D eigenvalue weighted by molar-refractivity contribution is -0.140. The summed E-state index contributed by atoms with van der Waals surface area (Å²) in [7, 11) is 0. The van der Waals surface area contributed by atoms with Gasteiger partial charge >= 0.3 is 11.8 Å². The minimum atomic E-state index is -0.916. The van der Waals surface area contributed by atoms with Gasteiger partial charge in [0.2, 0.25) is 0 Å². The van der Waals surface area contributed by atoms with Gasteiger partial charge in [-0.1, -0.05) is 30.0 Å². The highest BCUT2D eigenvalue weighted by Gasteiger charge is 2.14. The van der Waals surface area contributed by atoms with Gasteiger partial charge in [-0.15, -0.1) is 0 Å². The molecule has 7 heteroatoms. The molecule has 0 heterocycles. The maximum atomic E-state index is 11.4. The monoisotopic (exact) mass is 307 g/mol. The number of rotatable bonds is 4. The molecule has 0 aromatic heterocycles. The van der Waals surface area contributed by atoms with Crippen LogP contribution < -0.4 is 16.2 Å². The van der Waals surface area contributed by atoms with Gasteiger partial charge in [0, 0.05) is 17.0 Å². The first-order chi connectivity index (χ1) is 9.99. The van der Waals surface area contributed by atoms with Crippen molar-refractivity contribution < 1.29 is 14.4 Å². The van der Waals surface area contributed by atoms with E-state index in [1.54, 1.807) is 19.3 Å². The normalized spacial score (nSPS) is 10.4. The summed E-state index contributed by atoms with van der Waals surface area (Å²) in [4.78, 5) is 35.0. The zero-order valence-electron chi connectivity index (χ0n) is 11.8. The molecule has 1 aromatic carbocycles. The number of nitrogens with one attached hydrogen (secondary N) is 3. The third-order valence-electron chi connectivity index (χ3n) is 2.09. The molecule has 112 valence electrons. The molecule has 3 amide bonds. The zero-order valence-corrected chi connectivity index (χ0v) is 12.6. The minimum absolute atomic E-state index is 0.152. The molecule has 0 radical (unpaired) electrons. The van der Waals surface area contributed by atoms with E-state index >= 15 is 0 Å². The predicted octanol–water partition coefficient (Wildman–Crippen LogP) is 0.964. The Labute approximate surface area is 127 Å². The molecule has 0 aliphatic heterocycles. The largest absolute Gasteiger partial charge is 0.346 e. The first-order valence-electron chi connectivity index (χ1n) is 6.28. The second kappa shape index (κ2) is 8.80. The van der Waals surface area contributed by atoms with E-state index in [1.807, 2.05) is 35.8 Å². The van der Waals surface area contributed by atoms with E-state index in [1.165, 1.54) is 17.8 Å². The molecule has 0 fully saturated rings. The summed E-state index contributed by atoms with van der Waals surface area (Å²) in [6, 6.07) is 9.35. The molecule has 3 N–H and O–H groups in total. The highest BCUT2D eigenvalue weighted by molar-refractivity contribution is 8.02. The molecule has 0 saturated heterocycles. The molecule has 0 spiro atoms. The summed E-state index contributed by atoms with van der Waals surface area (Å²) in [6.07, 6.45) is 1.26. The topological polar surface area (TPSA) is 87.3 Å². The van der Waals surface area contributed by atoms with Gasteiger partial charge in [-0.3, -0.25) is 25.2 Å². The Balaban J connectivity index is 2.31. The number of hydrogen-bond acceptors (Lipinski definition) is 4. The van der Waals surface area contributed by atoms with Crippen LogP contribution in [0.5, 0.6) is 0 Å². The first kappa shape index (κ1) is 16.8. The summed E-state index contributed by atoms with van der Waals surface area (Å²) < 4.78 is 0. The van der Waals surface area contributed by atoms with E-state index in [-0.39, 0.29) is 6.04 Å². The van der Waals surface area contributed by atoms with E-state index in [0.717, 1.165) is 4.90 Å². The summed E-state index contributed by atoms with van der Waals surface area (Å²) in [5.74, 6) is -2.24. The fourth-order valence-electron chi connectivity index (χ4n) is 1.22. The zero-order chi connectivity index (χ0) is 15.7. The van der Waals surface area contributed by atoms with Gasteiger partial charge in [-0.25, -0.2) is 0 Å². The number of hydrogen-bond donors (Lipinski definition) is 3. The van der Waals surface area contributed by atoms with Crippen LogP contribution >= 0.6 is 11.8 Å². The smallest absolute Gasteiger partial charge is 0.327 e. The SMILES string of the molecule is CC(C)NC(=O)C(=O)NNC(=O)/C=C/Sc1ccccc1. The Kier molecular flexibility index (Phi) is 7.03. The maximum Gasteiger partial charge on any atom is 0.327 e. The number of carbonyl (C=O) groups is 3. The van der Waals surface area contributed by atoms with Crippen LogP contribution in [0.4, 0.5) is 0 Å². The summed E-state index contributed by atoms with van der Waals surface area (Å²) in [6.45, 7) is 3.46. The minimum Gasteiger partial charge on any atom is -0.346 e. The van der Waals surface area contributed by atoms with E-state index in [0.29, 0.717) is 0 Å². The van der Waals surface area contributed by atoms with Crippen LogP contribution in [0.1, 0.15) is 13.8 Å². The van der Waals surface area contributed by atoms with Crippen molar-refractivity contribution in [2.75, 3.05) is 0 Å². The van der Waals surface area contributed by atoms with Crippen molar-refractivity contribution >= 4 is 29.5 Å². The van der Waals surface area contributed by atoms with Gasteiger partial charge in [-0.05, 0) is 31.4 Å².